The molecule has 1 aromatic rings. The summed E-state index contributed by atoms with van der Waals surface area (Å²) in [6, 6.07) is 0. The third-order valence-corrected chi connectivity index (χ3v) is 3.14. The quantitative estimate of drug-likeness (QED) is 0.648. The van der Waals surface area contributed by atoms with Crippen molar-refractivity contribution in [1.82, 2.24) is 9.29 Å². The van der Waals surface area contributed by atoms with E-state index < -0.39 is 27.6 Å². The monoisotopic (exact) mass is 368 g/mol. The number of sulfonamides is 1. The fraction of sp³-hybridized carbons (Fsp3) is 0.400. The summed E-state index contributed by atoms with van der Waals surface area (Å²) in [4.78, 5) is 9.81. The van der Waals surface area contributed by atoms with Crippen LogP contribution in [-0.2, 0) is 21.4 Å². The van der Waals surface area contributed by atoms with Gasteiger partial charge in [-0.15, -0.1) is 0 Å². The fourth-order valence-electron chi connectivity index (χ4n) is 0.944. The zero-order valence-electron chi connectivity index (χ0n) is 11.5. The number of amides is 1. The van der Waals surface area contributed by atoms with Crippen LogP contribution in [0.2, 0.25) is 0 Å². The van der Waals surface area contributed by atoms with E-state index in [2.05, 4.69) is 18.1 Å². The lowest BCUT2D eigenvalue weighted by molar-refractivity contribution is -0.692. The van der Waals surface area contributed by atoms with E-state index in [0.29, 0.717) is 0 Å². The highest BCUT2D eigenvalue weighted by atomic mass is 32.2. The van der Waals surface area contributed by atoms with Gasteiger partial charge in [-0.3, -0.25) is 4.79 Å². The summed E-state index contributed by atoms with van der Waals surface area (Å²) in [5.41, 5.74) is -5.96. The summed E-state index contributed by atoms with van der Waals surface area (Å²) in [6.45, 7) is 6.75. The van der Waals surface area contributed by atoms with Crippen molar-refractivity contribution in [3.63, 3.8) is 0 Å². The standard InChI is InChI=1S/C7H11N2.C3HF6NO3S/c1-3-8-5-6-9(4-2)7-8;4-2(5,6)1(11)10-14(12,13)3(7,8)9/h3,5-7H,1,4H2,2H3;(H,10,11)/q+1;. The Labute approximate surface area is 127 Å². The van der Waals surface area contributed by atoms with Crippen LogP contribution >= 0.6 is 0 Å². The molecular formula is C10H12F6N3O3S+. The van der Waals surface area contributed by atoms with E-state index >= 15 is 0 Å². The third-order valence-electron chi connectivity index (χ3n) is 2.08. The number of aromatic nitrogens is 2. The van der Waals surface area contributed by atoms with Crippen molar-refractivity contribution in [3.8, 4) is 0 Å². The molecule has 1 amide bonds. The molecular weight excluding hydrogens is 356 g/mol. The number of halogens is 6. The van der Waals surface area contributed by atoms with Crippen LogP contribution in [0.1, 0.15) is 6.92 Å². The van der Waals surface area contributed by atoms with Gasteiger partial charge >= 0.3 is 27.6 Å². The minimum Gasteiger partial charge on any atom is -0.263 e. The van der Waals surface area contributed by atoms with Gasteiger partial charge in [0.05, 0.1) is 12.7 Å². The topological polar surface area (TPSA) is 72.0 Å². The molecule has 6 nitrogen and oxygen atoms in total. The first-order chi connectivity index (χ1) is 10.2. The first-order valence-electron chi connectivity index (χ1n) is 5.64. The predicted octanol–water partition coefficient (Wildman–Crippen LogP) is 1.41. The van der Waals surface area contributed by atoms with Gasteiger partial charge in [0.1, 0.15) is 12.4 Å². The number of hydrogen-bond donors (Lipinski definition) is 1. The van der Waals surface area contributed by atoms with Gasteiger partial charge in [0, 0.05) is 0 Å². The number of alkyl halides is 6. The van der Waals surface area contributed by atoms with Crippen LogP contribution in [0.5, 0.6) is 0 Å². The molecule has 0 unspecified atom stereocenters. The van der Waals surface area contributed by atoms with Crippen LogP contribution < -0.4 is 9.29 Å². The minimum absolute atomic E-state index is 0.181. The molecule has 13 heteroatoms. The smallest absolute Gasteiger partial charge is 0.263 e. The molecule has 0 aliphatic rings. The number of rotatable bonds is 3. The van der Waals surface area contributed by atoms with Crippen molar-refractivity contribution in [2.45, 2.75) is 25.2 Å². The van der Waals surface area contributed by atoms with Gasteiger partial charge in [0.15, 0.2) is 0 Å². The molecule has 132 valence electrons. The van der Waals surface area contributed by atoms with Gasteiger partial charge < -0.3 is 0 Å². The van der Waals surface area contributed by atoms with Crippen LogP contribution in [0.15, 0.2) is 25.3 Å². The minimum atomic E-state index is -6.30. The Bertz CT molecular complexity index is 648. The molecule has 1 aromatic heterocycles. The summed E-state index contributed by atoms with van der Waals surface area (Å²) in [5.74, 6) is -3.20. The first kappa shape index (κ1) is 20.9. The lowest BCUT2D eigenvalue weighted by Crippen LogP contribution is -2.46. The highest BCUT2D eigenvalue weighted by Crippen LogP contribution is 2.23. The van der Waals surface area contributed by atoms with Crippen LogP contribution in [0.3, 0.4) is 0 Å². The van der Waals surface area contributed by atoms with Crippen LogP contribution in [0, 0.1) is 0 Å². The zero-order valence-corrected chi connectivity index (χ0v) is 12.3. The molecule has 0 aliphatic carbocycles. The average Bonchev–Trinajstić information content (AvgIpc) is 2.84. The van der Waals surface area contributed by atoms with Gasteiger partial charge in [-0.2, -0.15) is 34.8 Å². The van der Waals surface area contributed by atoms with E-state index in [1.54, 1.807) is 6.20 Å². The maximum atomic E-state index is 11.4. The first-order valence-corrected chi connectivity index (χ1v) is 7.12. The second kappa shape index (κ2) is 7.48. The number of nitrogens with one attached hydrogen (secondary N) is 1. The number of hydrogen-bond acceptors (Lipinski definition) is 3. The molecule has 0 aromatic carbocycles. The highest BCUT2D eigenvalue weighted by Gasteiger charge is 2.51. The summed E-state index contributed by atoms with van der Waals surface area (Å²) in [6.07, 6.45) is 2.05. The van der Waals surface area contributed by atoms with E-state index in [4.69, 9.17) is 0 Å². The molecule has 1 rings (SSSR count). The normalized spacial score (nSPS) is 12.1. The van der Waals surface area contributed by atoms with E-state index in [1.807, 2.05) is 23.3 Å². The van der Waals surface area contributed by atoms with Gasteiger partial charge in [-0.1, -0.05) is 6.58 Å². The number of aryl methyl sites for hydroxylation is 1. The summed E-state index contributed by atoms with van der Waals surface area (Å²) in [5, 5.41) is 0. The van der Waals surface area contributed by atoms with E-state index in [0.717, 1.165) is 6.54 Å². The number of carbonyl (C=O) groups excluding carboxylic acids is 1. The molecule has 0 aliphatic heterocycles. The maximum absolute atomic E-state index is 11.4. The molecule has 0 saturated carbocycles. The van der Waals surface area contributed by atoms with Crippen molar-refractivity contribution in [2.24, 2.45) is 0 Å². The Morgan fingerprint density at radius 1 is 1.30 bits per heavy atom. The molecule has 23 heavy (non-hydrogen) atoms. The van der Waals surface area contributed by atoms with E-state index in [9.17, 15) is 39.6 Å². The molecule has 0 saturated heterocycles. The van der Waals surface area contributed by atoms with E-state index in [-0.39, 0.29) is 4.72 Å². The number of nitrogens with zero attached hydrogens (tertiary/aromatic N) is 2. The van der Waals surface area contributed by atoms with Crippen molar-refractivity contribution < 1.29 is 44.1 Å². The number of imidazole rings is 1. The molecule has 0 fully saturated rings. The second-order valence-electron chi connectivity index (χ2n) is 3.75. The highest BCUT2D eigenvalue weighted by molar-refractivity contribution is 7.90. The van der Waals surface area contributed by atoms with Gasteiger partial charge in [0.2, 0.25) is 6.33 Å². The van der Waals surface area contributed by atoms with Crippen molar-refractivity contribution in [3.05, 3.63) is 25.3 Å². The van der Waals surface area contributed by atoms with E-state index in [1.165, 1.54) is 0 Å². The van der Waals surface area contributed by atoms with Crippen LogP contribution in [0.4, 0.5) is 26.3 Å². The van der Waals surface area contributed by atoms with Gasteiger partial charge in [0.25, 0.3) is 0 Å². The Morgan fingerprint density at radius 3 is 2.09 bits per heavy atom. The molecule has 0 radical (unpaired) electrons. The van der Waals surface area contributed by atoms with Crippen molar-refractivity contribution in [2.75, 3.05) is 0 Å². The van der Waals surface area contributed by atoms with Crippen LogP contribution in [-0.4, -0.2) is 30.6 Å². The van der Waals surface area contributed by atoms with Gasteiger partial charge in [-0.25, -0.2) is 13.9 Å². The Hall–Kier alpha value is -2.05. The number of carbonyl (C=O) groups is 1. The average molecular weight is 368 g/mol. The molecule has 1 N–H and O–H groups in total. The second-order valence-corrected chi connectivity index (χ2v) is 5.43. The molecule has 0 spiro atoms. The third kappa shape index (κ3) is 6.71. The molecule has 0 atom stereocenters. The predicted molar refractivity (Wildman–Crippen MR) is 65.9 cm³/mol. The SMILES string of the molecule is C=Cn1cc[n+](CC)c1.O=C(NS(=O)(=O)C(F)(F)F)C(F)(F)F. The fourth-order valence-corrected chi connectivity index (χ4v) is 1.42. The Morgan fingerprint density at radius 2 is 1.83 bits per heavy atom. The summed E-state index contributed by atoms with van der Waals surface area (Å²) < 4.78 is 91.9. The zero-order chi connectivity index (χ0) is 18.5. The molecule has 0 bridgehead atoms. The maximum Gasteiger partial charge on any atom is 0.516 e. The van der Waals surface area contributed by atoms with Crippen molar-refractivity contribution in [1.29, 1.82) is 0 Å². The van der Waals surface area contributed by atoms with Crippen molar-refractivity contribution >= 4 is 22.1 Å². The summed E-state index contributed by atoms with van der Waals surface area (Å²) >= 11 is 0. The lowest BCUT2D eigenvalue weighted by Gasteiger charge is -2.10. The Kier molecular flexibility index (Phi) is 6.81. The Balaban J connectivity index is 0.000000459. The largest absolute Gasteiger partial charge is 0.516 e. The molecule has 1 heterocycles. The lowest BCUT2D eigenvalue weighted by atomic mass is 10.6. The van der Waals surface area contributed by atoms with Crippen LogP contribution in [0.25, 0.3) is 6.20 Å². The summed E-state index contributed by atoms with van der Waals surface area (Å²) in [7, 11) is -6.30. The van der Waals surface area contributed by atoms with Gasteiger partial charge in [-0.05, 0) is 6.92 Å².